The number of hydrogen-bond donors (Lipinski definition) is 1. The first-order valence-corrected chi connectivity index (χ1v) is 5.54. The van der Waals surface area contributed by atoms with E-state index in [-0.39, 0.29) is 11.3 Å². The van der Waals surface area contributed by atoms with Gasteiger partial charge in [0.05, 0.1) is 11.8 Å². The third-order valence-corrected chi connectivity index (χ3v) is 2.99. The molecule has 1 aliphatic rings. The second kappa shape index (κ2) is 4.69. The Morgan fingerprint density at radius 3 is 3.06 bits per heavy atom. The lowest BCUT2D eigenvalue weighted by Gasteiger charge is -2.33. The Morgan fingerprint density at radius 1 is 1.75 bits per heavy atom. The topological polar surface area (TPSA) is 57.9 Å². The van der Waals surface area contributed by atoms with Crippen LogP contribution in [0.5, 0.6) is 5.75 Å². The van der Waals surface area contributed by atoms with Crippen LogP contribution in [0.25, 0.3) is 0 Å². The number of ether oxygens (including phenoxy) is 1. The van der Waals surface area contributed by atoms with Gasteiger partial charge in [-0.05, 0) is 19.9 Å². The van der Waals surface area contributed by atoms with Crippen LogP contribution in [0.2, 0.25) is 5.15 Å². The van der Waals surface area contributed by atoms with Crippen molar-refractivity contribution in [1.29, 1.82) is 5.26 Å². The lowest BCUT2D eigenvalue weighted by atomic mass is 10.0. The van der Waals surface area contributed by atoms with Crippen LogP contribution in [-0.2, 0) is 0 Å². The summed E-state index contributed by atoms with van der Waals surface area (Å²) < 4.78 is 5.68. The monoisotopic (exact) mass is 237 g/mol. The van der Waals surface area contributed by atoms with Crippen LogP contribution in [-0.4, -0.2) is 23.7 Å². The maximum Gasteiger partial charge on any atom is 0.147 e. The Bertz CT molecular complexity index is 426. The molecule has 16 heavy (non-hydrogen) atoms. The molecule has 0 radical (unpaired) electrons. The van der Waals surface area contributed by atoms with E-state index in [9.17, 15) is 0 Å². The van der Waals surface area contributed by atoms with Gasteiger partial charge in [-0.1, -0.05) is 11.6 Å². The SMILES string of the molecule is CC(Oc1cnc(Cl)c(C#N)c1)[C@@H]1CCN1. The third-order valence-electron chi connectivity index (χ3n) is 2.68. The van der Waals surface area contributed by atoms with Gasteiger partial charge in [-0.3, -0.25) is 0 Å². The number of nitrogens with zero attached hydrogens (tertiary/aromatic N) is 2. The Kier molecular flexibility index (Phi) is 3.28. The van der Waals surface area contributed by atoms with Crippen molar-refractivity contribution < 1.29 is 4.74 Å². The second-order valence-corrected chi connectivity index (χ2v) is 4.15. The molecule has 5 heteroatoms. The first-order valence-electron chi connectivity index (χ1n) is 5.16. The number of rotatable bonds is 3. The summed E-state index contributed by atoms with van der Waals surface area (Å²) in [5.41, 5.74) is 0.341. The van der Waals surface area contributed by atoms with Gasteiger partial charge >= 0.3 is 0 Å². The average molecular weight is 238 g/mol. The van der Waals surface area contributed by atoms with Gasteiger partial charge in [0, 0.05) is 12.1 Å². The predicted octanol–water partition coefficient (Wildman–Crippen LogP) is 1.74. The summed E-state index contributed by atoms with van der Waals surface area (Å²) in [7, 11) is 0. The number of nitriles is 1. The summed E-state index contributed by atoms with van der Waals surface area (Å²) in [4.78, 5) is 3.90. The molecule has 1 aliphatic heterocycles. The van der Waals surface area contributed by atoms with Crippen LogP contribution in [0.4, 0.5) is 0 Å². The minimum Gasteiger partial charge on any atom is -0.487 e. The zero-order valence-corrected chi connectivity index (χ0v) is 9.66. The van der Waals surface area contributed by atoms with Crippen molar-refractivity contribution in [3.63, 3.8) is 0 Å². The number of hydrogen-bond acceptors (Lipinski definition) is 4. The molecule has 0 aromatic carbocycles. The van der Waals surface area contributed by atoms with Gasteiger partial charge in [0.1, 0.15) is 23.1 Å². The van der Waals surface area contributed by atoms with Crippen LogP contribution in [0.15, 0.2) is 12.3 Å². The van der Waals surface area contributed by atoms with Crippen molar-refractivity contribution in [3.8, 4) is 11.8 Å². The van der Waals surface area contributed by atoms with Crippen molar-refractivity contribution in [1.82, 2.24) is 10.3 Å². The summed E-state index contributed by atoms with van der Waals surface area (Å²) in [5, 5.41) is 12.3. The molecule has 2 atom stereocenters. The molecule has 1 unspecified atom stereocenters. The van der Waals surface area contributed by atoms with Crippen LogP contribution in [0, 0.1) is 11.3 Å². The fourth-order valence-electron chi connectivity index (χ4n) is 1.58. The quantitative estimate of drug-likeness (QED) is 0.814. The lowest BCUT2D eigenvalue weighted by Crippen LogP contribution is -2.51. The zero-order valence-electron chi connectivity index (χ0n) is 8.90. The molecule has 0 aliphatic carbocycles. The summed E-state index contributed by atoms with van der Waals surface area (Å²) in [6.07, 6.45) is 2.73. The number of aromatic nitrogens is 1. The van der Waals surface area contributed by atoms with E-state index in [2.05, 4.69) is 10.3 Å². The number of nitrogens with one attached hydrogen (secondary N) is 1. The highest BCUT2D eigenvalue weighted by Crippen LogP contribution is 2.21. The second-order valence-electron chi connectivity index (χ2n) is 3.79. The van der Waals surface area contributed by atoms with E-state index in [0.29, 0.717) is 17.4 Å². The molecule has 0 saturated carbocycles. The first kappa shape index (κ1) is 11.2. The van der Waals surface area contributed by atoms with Crippen LogP contribution in [0.1, 0.15) is 18.9 Å². The van der Waals surface area contributed by atoms with E-state index >= 15 is 0 Å². The van der Waals surface area contributed by atoms with Crippen LogP contribution in [0.3, 0.4) is 0 Å². The molecule has 0 amide bonds. The molecular weight excluding hydrogens is 226 g/mol. The standard InChI is InChI=1S/C11H12ClN3O/c1-7(10-2-3-14-10)16-9-4-8(5-13)11(12)15-6-9/h4,6-7,10,14H,2-3H2,1H3/t7?,10-/m0/s1. The highest BCUT2D eigenvalue weighted by molar-refractivity contribution is 6.30. The maximum atomic E-state index is 8.80. The predicted molar refractivity (Wildman–Crippen MR) is 60.5 cm³/mol. The maximum absolute atomic E-state index is 8.80. The molecule has 84 valence electrons. The highest BCUT2D eigenvalue weighted by Gasteiger charge is 2.24. The molecule has 2 rings (SSSR count). The van der Waals surface area contributed by atoms with E-state index < -0.39 is 0 Å². The third kappa shape index (κ3) is 2.26. The number of pyridine rings is 1. The van der Waals surface area contributed by atoms with E-state index in [1.807, 2.05) is 13.0 Å². The molecule has 1 N–H and O–H groups in total. The fourth-order valence-corrected chi connectivity index (χ4v) is 1.73. The van der Waals surface area contributed by atoms with E-state index in [1.165, 1.54) is 0 Å². The van der Waals surface area contributed by atoms with Crippen molar-refractivity contribution in [2.24, 2.45) is 0 Å². The number of halogens is 1. The highest BCUT2D eigenvalue weighted by atomic mass is 35.5. The van der Waals surface area contributed by atoms with Gasteiger partial charge in [-0.25, -0.2) is 4.98 Å². The van der Waals surface area contributed by atoms with Crippen molar-refractivity contribution in [2.45, 2.75) is 25.5 Å². The van der Waals surface area contributed by atoms with E-state index in [0.717, 1.165) is 13.0 Å². The molecule has 0 spiro atoms. The molecule has 2 heterocycles. The minimum atomic E-state index is 0.0725. The largest absolute Gasteiger partial charge is 0.487 e. The van der Waals surface area contributed by atoms with Gasteiger partial charge < -0.3 is 10.1 Å². The van der Waals surface area contributed by atoms with E-state index in [1.54, 1.807) is 12.3 Å². The molecule has 1 saturated heterocycles. The zero-order chi connectivity index (χ0) is 11.5. The summed E-state index contributed by atoms with van der Waals surface area (Å²) in [6.45, 7) is 3.04. The van der Waals surface area contributed by atoms with Gasteiger partial charge in [0.2, 0.25) is 0 Å². The van der Waals surface area contributed by atoms with Crippen LogP contribution >= 0.6 is 11.6 Å². The molecule has 4 nitrogen and oxygen atoms in total. The Balaban J connectivity index is 2.06. The van der Waals surface area contributed by atoms with Gasteiger partial charge in [-0.15, -0.1) is 0 Å². The van der Waals surface area contributed by atoms with Crippen LogP contribution < -0.4 is 10.1 Å². The first-order chi connectivity index (χ1) is 7.70. The Hall–Kier alpha value is -1.31. The lowest BCUT2D eigenvalue weighted by molar-refractivity contribution is 0.133. The molecule has 1 aromatic rings. The van der Waals surface area contributed by atoms with Crippen molar-refractivity contribution in [3.05, 3.63) is 23.0 Å². The van der Waals surface area contributed by atoms with E-state index in [4.69, 9.17) is 21.6 Å². The summed E-state index contributed by atoms with van der Waals surface area (Å²) >= 11 is 5.73. The molecule has 1 fully saturated rings. The van der Waals surface area contributed by atoms with Gasteiger partial charge in [0.15, 0.2) is 0 Å². The van der Waals surface area contributed by atoms with Gasteiger partial charge in [0.25, 0.3) is 0 Å². The normalized spacial score (nSPS) is 20.7. The fraction of sp³-hybridized carbons (Fsp3) is 0.455. The molecule has 1 aromatic heterocycles. The Labute approximate surface area is 99.2 Å². The molecule has 0 bridgehead atoms. The smallest absolute Gasteiger partial charge is 0.147 e. The molecular formula is C11H12ClN3O. The van der Waals surface area contributed by atoms with Crippen molar-refractivity contribution in [2.75, 3.05) is 6.54 Å². The van der Waals surface area contributed by atoms with Crippen molar-refractivity contribution >= 4 is 11.6 Å². The van der Waals surface area contributed by atoms with Gasteiger partial charge in [-0.2, -0.15) is 5.26 Å². The minimum absolute atomic E-state index is 0.0725. The Morgan fingerprint density at radius 2 is 2.50 bits per heavy atom. The summed E-state index contributed by atoms with van der Waals surface area (Å²) in [5.74, 6) is 0.585. The average Bonchev–Trinajstić information content (AvgIpc) is 2.18. The summed E-state index contributed by atoms with van der Waals surface area (Å²) in [6, 6.07) is 3.98.